The van der Waals surface area contributed by atoms with E-state index in [4.69, 9.17) is 9.47 Å². The van der Waals surface area contributed by atoms with Gasteiger partial charge in [0, 0.05) is 23.4 Å². The number of carbonyl (C=O) groups excluding carboxylic acids is 1. The number of aromatic nitrogens is 3. The van der Waals surface area contributed by atoms with Crippen molar-refractivity contribution >= 4 is 27.9 Å². The highest BCUT2D eigenvalue weighted by molar-refractivity contribution is 7.16. The SMILES string of the molecule is CCc1nn2c(=O)cc(COc3cccc(NC(=O)c4cccc(OC)c4)c3)nc2s1. The molecule has 0 fully saturated rings. The van der Waals surface area contributed by atoms with Crippen LogP contribution >= 0.6 is 11.3 Å². The van der Waals surface area contributed by atoms with Gasteiger partial charge in [-0.2, -0.15) is 9.61 Å². The third kappa shape index (κ3) is 4.72. The Morgan fingerprint density at radius 3 is 2.74 bits per heavy atom. The van der Waals surface area contributed by atoms with E-state index in [2.05, 4.69) is 15.4 Å². The summed E-state index contributed by atoms with van der Waals surface area (Å²) in [6.45, 7) is 2.10. The fourth-order valence-corrected chi connectivity index (χ4v) is 3.76. The van der Waals surface area contributed by atoms with Gasteiger partial charge in [0.2, 0.25) is 4.96 Å². The topological polar surface area (TPSA) is 94.8 Å². The van der Waals surface area contributed by atoms with Crippen LogP contribution in [0.2, 0.25) is 0 Å². The Hall–Kier alpha value is -3.72. The molecule has 0 bridgehead atoms. The predicted molar refractivity (Wildman–Crippen MR) is 118 cm³/mol. The lowest BCUT2D eigenvalue weighted by molar-refractivity contribution is 0.102. The van der Waals surface area contributed by atoms with Gasteiger partial charge in [0.15, 0.2) is 0 Å². The number of aryl methyl sites for hydroxylation is 1. The fraction of sp³-hybridized carbons (Fsp3) is 0.182. The van der Waals surface area contributed by atoms with Crippen molar-refractivity contribution < 1.29 is 14.3 Å². The number of benzene rings is 2. The van der Waals surface area contributed by atoms with Gasteiger partial charge in [-0.15, -0.1) is 0 Å². The van der Waals surface area contributed by atoms with Gasteiger partial charge in [-0.1, -0.05) is 30.4 Å². The molecule has 0 saturated heterocycles. The molecule has 8 nitrogen and oxygen atoms in total. The molecule has 9 heteroatoms. The monoisotopic (exact) mass is 436 g/mol. The van der Waals surface area contributed by atoms with E-state index < -0.39 is 0 Å². The van der Waals surface area contributed by atoms with Crippen LogP contribution < -0.4 is 20.3 Å². The van der Waals surface area contributed by atoms with Crippen molar-refractivity contribution in [2.45, 2.75) is 20.0 Å². The smallest absolute Gasteiger partial charge is 0.275 e. The number of hydrogen-bond donors (Lipinski definition) is 1. The molecular weight excluding hydrogens is 416 g/mol. The largest absolute Gasteiger partial charge is 0.497 e. The Kier molecular flexibility index (Phi) is 5.94. The molecule has 4 aromatic rings. The van der Waals surface area contributed by atoms with Crippen LogP contribution in [0.15, 0.2) is 59.4 Å². The van der Waals surface area contributed by atoms with Crippen molar-refractivity contribution in [2.24, 2.45) is 0 Å². The molecule has 0 saturated carbocycles. The number of methoxy groups -OCH3 is 1. The predicted octanol–water partition coefficient (Wildman–Crippen LogP) is 3.55. The first-order valence-electron chi connectivity index (χ1n) is 9.62. The van der Waals surface area contributed by atoms with Crippen LogP contribution in [0.25, 0.3) is 4.96 Å². The first-order valence-corrected chi connectivity index (χ1v) is 10.4. The summed E-state index contributed by atoms with van der Waals surface area (Å²) in [4.78, 5) is 29.8. The zero-order valence-electron chi connectivity index (χ0n) is 17.0. The molecule has 0 radical (unpaired) electrons. The number of nitrogens with zero attached hydrogens (tertiary/aromatic N) is 3. The summed E-state index contributed by atoms with van der Waals surface area (Å²) in [6.07, 6.45) is 0.744. The van der Waals surface area contributed by atoms with Crippen LogP contribution in [0, 0.1) is 0 Å². The summed E-state index contributed by atoms with van der Waals surface area (Å²) in [5.74, 6) is 0.897. The molecule has 0 aliphatic heterocycles. The molecule has 0 spiro atoms. The first kappa shape index (κ1) is 20.5. The molecule has 0 unspecified atom stereocenters. The standard InChI is InChI=1S/C22H20N4O4S/c1-3-19-25-26-20(27)12-16(24-22(26)31-19)13-30-18-9-5-7-15(11-18)23-21(28)14-6-4-8-17(10-14)29-2/h4-12H,3,13H2,1-2H3,(H,23,28). The number of ether oxygens (including phenoxy) is 2. The van der Waals surface area contributed by atoms with E-state index in [0.717, 1.165) is 11.4 Å². The third-order valence-electron chi connectivity index (χ3n) is 4.45. The maximum Gasteiger partial charge on any atom is 0.275 e. The summed E-state index contributed by atoms with van der Waals surface area (Å²) < 4.78 is 12.3. The van der Waals surface area contributed by atoms with E-state index in [1.54, 1.807) is 55.6 Å². The van der Waals surface area contributed by atoms with Crippen LogP contribution in [-0.2, 0) is 13.0 Å². The Morgan fingerprint density at radius 2 is 1.94 bits per heavy atom. The minimum absolute atomic E-state index is 0.123. The highest BCUT2D eigenvalue weighted by atomic mass is 32.1. The number of fused-ring (bicyclic) bond motifs is 1. The maximum absolute atomic E-state index is 12.5. The molecule has 2 aromatic heterocycles. The van der Waals surface area contributed by atoms with Crippen LogP contribution in [0.4, 0.5) is 5.69 Å². The van der Waals surface area contributed by atoms with Crippen LogP contribution in [0.1, 0.15) is 28.0 Å². The van der Waals surface area contributed by atoms with Gasteiger partial charge >= 0.3 is 0 Å². The number of anilines is 1. The van der Waals surface area contributed by atoms with Gasteiger partial charge in [0.05, 0.1) is 12.8 Å². The van der Waals surface area contributed by atoms with Gasteiger partial charge in [0.25, 0.3) is 11.5 Å². The van der Waals surface area contributed by atoms with E-state index in [1.807, 2.05) is 6.92 Å². The second-order valence-corrected chi connectivity index (χ2v) is 7.67. The highest BCUT2D eigenvalue weighted by Crippen LogP contribution is 2.20. The molecule has 1 N–H and O–H groups in total. The van der Waals surface area contributed by atoms with Crippen molar-refractivity contribution in [3.63, 3.8) is 0 Å². The zero-order valence-corrected chi connectivity index (χ0v) is 17.8. The maximum atomic E-state index is 12.5. The Bertz CT molecular complexity index is 1300. The van der Waals surface area contributed by atoms with E-state index in [0.29, 0.717) is 33.4 Å². The molecule has 1 amide bonds. The first-order chi connectivity index (χ1) is 15.1. The molecular formula is C22H20N4O4S. The summed E-state index contributed by atoms with van der Waals surface area (Å²) in [5, 5.41) is 7.93. The third-order valence-corrected chi connectivity index (χ3v) is 5.51. The summed E-state index contributed by atoms with van der Waals surface area (Å²) in [7, 11) is 1.55. The minimum atomic E-state index is -0.256. The summed E-state index contributed by atoms with van der Waals surface area (Å²) in [6, 6.07) is 15.4. The van der Waals surface area contributed by atoms with E-state index >= 15 is 0 Å². The Morgan fingerprint density at radius 1 is 1.13 bits per heavy atom. The summed E-state index contributed by atoms with van der Waals surface area (Å²) in [5.41, 5.74) is 1.35. The lowest BCUT2D eigenvalue weighted by Crippen LogP contribution is -2.16. The lowest BCUT2D eigenvalue weighted by Gasteiger charge is -2.10. The van der Waals surface area contributed by atoms with Gasteiger partial charge in [0.1, 0.15) is 23.1 Å². The van der Waals surface area contributed by atoms with Crippen LogP contribution in [0.3, 0.4) is 0 Å². The minimum Gasteiger partial charge on any atom is -0.497 e. The summed E-state index contributed by atoms with van der Waals surface area (Å²) >= 11 is 1.39. The van der Waals surface area contributed by atoms with Gasteiger partial charge in [-0.25, -0.2) is 4.98 Å². The van der Waals surface area contributed by atoms with Gasteiger partial charge in [-0.05, 0) is 36.8 Å². The number of nitrogens with one attached hydrogen (secondary N) is 1. The molecule has 2 heterocycles. The highest BCUT2D eigenvalue weighted by Gasteiger charge is 2.10. The van der Waals surface area contributed by atoms with Crippen molar-refractivity contribution in [1.82, 2.24) is 14.6 Å². The Balaban J connectivity index is 1.45. The van der Waals surface area contributed by atoms with E-state index in [1.165, 1.54) is 21.9 Å². The quantitative estimate of drug-likeness (QED) is 0.476. The van der Waals surface area contributed by atoms with E-state index in [9.17, 15) is 9.59 Å². The molecule has 4 rings (SSSR count). The average molecular weight is 436 g/mol. The molecule has 0 atom stereocenters. The van der Waals surface area contributed by atoms with Gasteiger partial charge in [-0.3, -0.25) is 9.59 Å². The number of amides is 1. The lowest BCUT2D eigenvalue weighted by atomic mass is 10.2. The number of hydrogen-bond acceptors (Lipinski definition) is 7. The fourth-order valence-electron chi connectivity index (χ4n) is 2.90. The molecule has 2 aromatic carbocycles. The van der Waals surface area contributed by atoms with Crippen molar-refractivity contribution in [2.75, 3.05) is 12.4 Å². The second-order valence-electron chi connectivity index (χ2n) is 6.63. The average Bonchev–Trinajstić information content (AvgIpc) is 3.22. The zero-order chi connectivity index (χ0) is 21.8. The molecule has 158 valence electrons. The normalized spacial score (nSPS) is 10.8. The van der Waals surface area contributed by atoms with Crippen molar-refractivity contribution in [3.05, 3.63) is 81.2 Å². The van der Waals surface area contributed by atoms with Crippen molar-refractivity contribution in [3.8, 4) is 11.5 Å². The second kappa shape index (κ2) is 8.97. The molecule has 31 heavy (non-hydrogen) atoms. The van der Waals surface area contributed by atoms with Crippen LogP contribution in [0.5, 0.6) is 11.5 Å². The number of rotatable bonds is 7. The van der Waals surface area contributed by atoms with Crippen molar-refractivity contribution in [1.29, 1.82) is 0 Å². The number of carbonyl (C=O) groups is 1. The molecule has 0 aliphatic carbocycles. The van der Waals surface area contributed by atoms with Gasteiger partial charge < -0.3 is 14.8 Å². The van der Waals surface area contributed by atoms with Crippen LogP contribution in [-0.4, -0.2) is 27.6 Å². The van der Waals surface area contributed by atoms with E-state index in [-0.39, 0.29) is 18.1 Å². The molecule has 0 aliphatic rings. The Labute approximate surface area is 182 Å².